The lowest BCUT2D eigenvalue weighted by molar-refractivity contribution is -0.123. The summed E-state index contributed by atoms with van der Waals surface area (Å²) >= 11 is 0. The van der Waals surface area contributed by atoms with Gasteiger partial charge in [-0.3, -0.25) is 4.79 Å². The maximum absolute atomic E-state index is 12.1. The van der Waals surface area contributed by atoms with E-state index in [0.717, 1.165) is 25.7 Å². The number of ether oxygens (including phenoxy) is 1. The summed E-state index contributed by atoms with van der Waals surface area (Å²) in [4.78, 5) is 12.1. The second-order valence-corrected chi connectivity index (χ2v) is 6.84. The Kier molecular flexibility index (Phi) is 4.61. The molecule has 0 aromatic carbocycles. The molecule has 0 aliphatic heterocycles. The summed E-state index contributed by atoms with van der Waals surface area (Å²) in [5.74, 6) is 2.00. The van der Waals surface area contributed by atoms with Gasteiger partial charge in [-0.15, -0.1) is 0 Å². The summed E-state index contributed by atoms with van der Waals surface area (Å²) in [6.45, 7) is 1.31. The standard InChI is InChI=1S/C16H28N2O2/c17-11-5-7-12(8-6-11)20-10-9-18-16(19)15-13-3-1-2-4-14(13)15/h11-15H,1-10,17H2,(H,18,19). The Bertz CT molecular complexity index is 327. The molecule has 3 fully saturated rings. The molecule has 0 radical (unpaired) electrons. The van der Waals surface area contributed by atoms with Crippen LogP contribution in [-0.4, -0.2) is 31.2 Å². The number of hydrogen-bond acceptors (Lipinski definition) is 3. The maximum atomic E-state index is 12.1. The number of rotatable bonds is 5. The highest BCUT2D eigenvalue weighted by Crippen LogP contribution is 2.55. The molecule has 3 aliphatic carbocycles. The Morgan fingerprint density at radius 3 is 2.35 bits per heavy atom. The molecule has 4 nitrogen and oxygen atoms in total. The van der Waals surface area contributed by atoms with Crippen molar-refractivity contribution in [1.82, 2.24) is 5.32 Å². The fraction of sp³-hybridized carbons (Fsp3) is 0.938. The first kappa shape index (κ1) is 14.3. The highest BCUT2D eigenvalue weighted by Gasteiger charge is 2.54. The predicted molar refractivity (Wildman–Crippen MR) is 78.1 cm³/mol. The fourth-order valence-electron chi connectivity index (χ4n) is 4.15. The van der Waals surface area contributed by atoms with Crippen molar-refractivity contribution in [2.24, 2.45) is 23.5 Å². The summed E-state index contributed by atoms with van der Waals surface area (Å²) in [5, 5.41) is 3.06. The van der Waals surface area contributed by atoms with E-state index in [4.69, 9.17) is 10.5 Å². The van der Waals surface area contributed by atoms with E-state index in [2.05, 4.69) is 5.32 Å². The summed E-state index contributed by atoms with van der Waals surface area (Å²) in [6, 6.07) is 0.368. The highest BCUT2D eigenvalue weighted by molar-refractivity contribution is 5.82. The van der Waals surface area contributed by atoms with Crippen molar-refractivity contribution in [3.63, 3.8) is 0 Å². The number of nitrogens with one attached hydrogen (secondary N) is 1. The molecule has 0 aromatic rings. The monoisotopic (exact) mass is 280 g/mol. The van der Waals surface area contributed by atoms with E-state index in [1.54, 1.807) is 0 Å². The Hall–Kier alpha value is -0.610. The molecule has 0 heterocycles. The van der Waals surface area contributed by atoms with Gasteiger partial charge in [0.05, 0.1) is 12.7 Å². The second kappa shape index (κ2) is 6.44. The summed E-state index contributed by atoms with van der Waals surface area (Å²) in [5.41, 5.74) is 5.88. The normalized spacial score (nSPS) is 40.0. The van der Waals surface area contributed by atoms with E-state index in [9.17, 15) is 4.79 Å². The zero-order chi connectivity index (χ0) is 13.9. The molecule has 0 aromatic heterocycles. The highest BCUT2D eigenvalue weighted by atomic mass is 16.5. The average molecular weight is 280 g/mol. The van der Waals surface area contributed by atoms with Crippen molar-refractivity contribution < 1.29 is 9.53 Å². The van der Waals surface area contributed by atoms with Crippen molar-refractivity contribution in [1.29, 1.82) is 0 Å². The lowest BCUT2D eigenvalue weighted by Gasteiger charge is -2.26. The van der Waals surface area contributed by atoms with Crippen molar-refractivity contribution >= 4 is 5.91 Å². The van der Waals surface area contributed by atoms with Crippen LogP contribution in [-0.2, 0) is 9.53 Å². The van der Waals surface area contributed by atoms with Gasteiger partial charge in [0, 0.05) is 18.5 Å². The van der Waals surface area contributed by atoms with Gasteiger partial charge in [0.15, 0.2) is 0 Å². The van der Waals surface area contributed by atoms with Crippen LogP contribution in [0.25, 0.3) is 0 Å². The Morgan fingerprint density at radius 2 is 1.70 bits per heavy atom. The molecule has 0 bridgehead atoms. The first-order valence-corrected chi connectivity index (χ1v) is 8.40. The van der Waals surface area contributed by atoms with Gasteiger partial charge in [-0.1, -0.05) is 12.8 Å². The molecule has 114 valence electrons. The van der Waals surface area contributed by atoms with Crippen LogP contribution in [0, 0.1) is 17.8 Å². The largest absolute Gasteiger partial charge is 0.376 e. The quantitative estimate of drug-likeness (QED) is 0.755. The van der Waals surface area contributed by atoms with Crippen LogP contribution < -0.4 is 11.1 Å². The third-order valence-corrected chi connectivity index (χ3v) is 5.43. The molecule has 20 heavy (non-hydrogen) atoms. The van der Waals surface area contributed by atoms with Crippen LogP contribution >= 0.6 is 0 Å². The van der Waals surface area contributed by atoms with Gasteiger partial charge in [0.25, 0.3) is 0 Å². The van der Waals surface area contributed by atoms with E-state index >= 15 is 0 Å². The van der Waals surface area contributed by atoms with Gasteiger partial charge in [-0.05, 0) is 50.4 Å². The third-order valence-electron chi connectivity index (χ3n) is 5.43. The van der Waals surface area contributed by atoms with Crippen molar-refractivity contribution in [2.45, 2.75) is 63.5 Å². The topological polar surface area (TPSA) is 64.3 Å². The number of carbonyl (C=O) groups is 1. The lowest BCUT2D eigenvalue weighted by atomic mass is 9.94. The van der Waals surface area contributed by atoms with E-state index in [0.29, 0.717) is 43.1 Å². The van der Waals surface area contributed by atoms with Crippen molar-refractivity contribution in [3.8, 4) is 0 Å². The van der Waals surface area contributed by atoms with Crippen LogP contribution in [0.2, 0.25) is 0 Å². The van der Waals surface area contributed by atoms with Gasteiger partial charge < -0.3 is 15.8 Å². The van der Waals surface area contributed by atoms with Crippen LogP contribution in [0.1, 0.15) is 51.4 Å². The predicted octanol–water partition coefficient (Wildman–Crippen LogP) is 1.83. The summed E-state index contributed by atoms with van der Waals surface area (Å²) in [6.07, 6.45) is 9.81. The Morgan fingerprint density at radius 1 is 1.05 bits per heavy atom. The molecule has 1 amide bonds. The van der Waals surface area contributed by atoms with Crippen LogP contribution in [0.15, 0.2) is 0 Å². The van der Waals surface area contributed by atoms with E-state index in [-0.39, 0.29) is 5.91 Å². The molecule has 4 heteroatoms. The van der Waals surface area contributed by atoms with Gasteiger partial charge in [0.1, 0.15) is 0 Å². The third kappa shape index (κ3) is 3.34. The van der Waals surface area contributed by atoms with Crippen molar-refractivity contribution in [2.75, 3.05) is 13.2 Å². The Labute approximate surface area is 121 Å². The first-order valence-electron chi connectivity index (χ1n) is 8.40. The molecular formula is C16H28N2O2. The molecular weight excluding hydrogens is 252 g/mol. The van der Waals surface area contributed by atoms with Crippen LogP contribution in [0.4, 0.5) is 0 Å². The zero-order valence-corrected chi connectivity index (χ0v) is 12.4. The number of hydrogen-bond donors (Lipinski definition) is 2. The molecule has 0 spiro atoms. The van der Waals surface area contributed by atoms with Crippen molar-refractivity contribution in [3.05, 3.63) is 0 Å². The van der Waals surface area contributed by atoms with Gasteiger partial charge in [-0.25, -0.2) is 0 Å². The summed E-state index contributed by atoms with van der Waals surface area (Å²) in [7, 11) is 0. The molecule has 3 aliphatic rings. The van der Waals surface area contributed by atoms with Gasteiger partial charge in [0.2, 0.25) is 5.91 Å². The molecule has 3 saturated carbocycles. The molecule has 2 atom stereocenters. The molecule has 0 saturated heterocycles. The number of nitrogens with two attached hydrogens (primary N) is 1. The van der Waals surface area contributed by atoms with Crippen LogP contribution in [0.5, 0.6) is 0 Å². The van der Waals surface area contributed by atoms with E-state index < -0.39 is 0 Å². The van der Waals surface area contributed by atoms with E-state index in [1.807, 2.05) is 0 Å². The summed E-state index contributed by atoms with van der Waals surface area (Å²) < 4.78 is 5.83. The zero-order valence-electron chi connectivity index (χ0n) is 12.4. The van der Waals surface area contributed by atoms with Gasteiger partial charge >= 0.3 is 0 Å². The SMILES string of the molecule is NC1CCC(OCCNC(=O)C2C3CCCCC32)CC1. The number of amides is 1. The lowest BCUT2D eigenvalue weighted by Crippen LogP contribution is -2.33. The van der Waals surface area contributed by atoms with Gasteiger partial charge in [-0.2, -0.15) is 0 Å². The number of fused-ring (bicyclic) bond motifs is 1. The van der Waals surface area contributed by atoms with E-state index in [1.165, 1.54) is 25.7 Å². The maximum Gasteiger partial charge on any atom is 0.223 e. The average Bonchev–Trinajstić information content (AvgIpc) is 3.19. The second-order valence-electron chi connectivity index (χ2n) is 6.84. The first-order chi connectivity index (χ1) is 9.75. The minimum absolute atomic E-state index is 0.274. The molecule has 3 N–H and O–H groups in total. The fourth-order valence-corrected chi connectivity index (χ4v) is 4.15. The molecule has 3 rings (SSSR count). The van der Waals surface area contributed by atoms with Crippen LogP contribution in [0.3, 0.4) is 0 Å². The minimum atomic E-state index is 0.274. The minimum Gasteiger partial charge on any atom is -0.376 e. The smallest absolute Gasteiger partial charge is 0.223 e. The molecule has 2 unspecified atom stereocenters. The number of carbonyl (C=O) groups excluding carboxylic acids is 1. The Balaban J connectivity index is 1.28.